The number of benzene rings is 5. The third-order valence-corrected chi connectivity index (χ3v) is 6.38. The monoisotopic (exact) mass is 455 g/mol. The van der Waals surface area contributed by atoms with E-state index in [1.165, 1.54) is 10.9 Å². The normalized spacial score (nSPS) is 14.7. The molecule has 1 aliphatic rings. The van der Waals surface area contributed by atoms with Gasteiger partial charge >= 0.3 is 0 Å². The van der Waals surface area contributed by atoms with Crippen LogP contribution in [0.1, 0.15) is 19.4 Å². The maximum Gasteiger partial charge on any atom is 0.0936 e. The lowest BCUT2D eigenvalue weighted by molar-refractivity contribution is 0.560. The highest BCUT2D eigenvalue weighted by Gasteiger charge is 2.26. The Hall–Kier alpha value is -4.38. The molecule has 170 valence electrons. The molecule has 0 radical (unpaired) electrons. The van der Waals surface area contributed by atoms with Crippen LogP contribution < -0.4 is 5.32 Å². The molecular formula is C30H25N5. The molecule has 0 aliphatic carbocycles. The first-order valence-electron chi connectivity index (χ1n) is 11.8. The molecule has 0 atom stereocenters. The largest absolute Gasteiger partial charge is 0.379 e. The van der Waals surface area contributed by atoms with E-state index < -0.39 is 0 Å². The number of azo groups is 2. The van der Waals surface area contributed by atoms with Crippen LogP contribution in [0.4, 0.5) is 28.4 Å². The Bertz CT molecular complexity index is 1600. The number of nitrogens with zero attached hydrogens (tertiary/aromatic N) is 4. The van der Waals surface area contributed by atoms with Crippen molar-refractivity contribution in [2.24, 2.45) is 20.5 Å². The Kier molecular flexibility index (Phi) is 5.10. The van der Waals surface area contributed by atoms with Crippen LogP contribution in [0.15, 0.2) is 118 Å². The van der Waals surface area contributed by atoms with E-state index in [-0.39, 0.29) is 5.54 Å². The molecule has 35 heavy (non-hydrogen) atoms. The number of hydrogen-bond donors (Lipinski definition) is 1. The summed E-state index contributed by atoms with van der Waals surface area (Å²) in [6.07, 6.45) is 0.974. The van der Waals surface area contributed by atoms with Crippen molar-refractivity contribution >= 4 is 50.0 Å². The molecule has 0 spiro atoms. The molecule has 1 heterocycles. The standard InChI is InChI=1S/C30H25N5/c1-30(2)19-20-9-8-14-24-27(17-18-28(31-30)29(20)24)35-34-26-16-15-25(22-12-6-7-13-23(22)26)33-32-21-10-4-3-5-11-21/h3-18,31H,19H2,1-2H3. The molecule has 0 saturated carbocycles. The lowest BCUT2D eigenvalue weighted by Crippen LogP contribution is -2.36. The highest BCUT2D eigenvalue weighted by atomic mass is 15.1. The van der Waals surface area contributed by atoms with Crippen molar-refractivity contribution in [2.75, 3.05) is 5.32 Å². The van der Waals surface area contributed by atoms with Gasteiger partial charge in [0.25, 0.3) is 0 Å². The van der Waals surface area contributed by atoms with Crippen LogP contribution in [0.25, 0.3) is 21.5 Å². The molecule has 0 unspecified atom stereocenters. The van der Waals surface area contributed by atoms with Gasteiger partial charge in [0.1, 0.15) is 0 Å². The third kappa shape index (κ3) is 4.06. The van der Waals surface area contributed by atoms with E-state index >= 15 is 0 Å². The van der Waals surface area contributed by atoms with Gasteiger partial charge in [0.15, 0.2) is 0 Å². The second-order valence-electron chi connectivity index (χ2n) is 9.54. The zero-order valence-electron chi connectivity index (χ0n) is 19.7. The molecule has 5 aromatic carbocycles. The van der Waals surface area contributed by atoms with Crippen LogP contribution in [0.5, 0.6) is 0 Å². The van der Waals surface area contributed by atoms with Gasteiger partial charge in [-0.1, -0.05) is 60.7 Å². The fraction of sp³-hybridized carbons (Fsp3) is 0.133. The number of nitrogens with one attached hydrogen (secondary N) is 1. The van der Waals surface area contributed by atoms with Crippen LogP contribution in [0.3, 0.4) is 0 Å². The van der Waals surface area contributed by atoms with E-state index in [0.29, 0.717) is 0 Å². The first-order chi connectivity index (χ1) is 17.1. The van der Waals surface area contributed by atoms with Crippen molar-refractivity contribution in [3.63, 3.8) is 0 Å². The fourth-order valence-corrected chi connectivity index (χ4v) is 4.85. The van der Waals surface area contributed by atoms with Crippen molar-refractivity contribution in [2.45, 2.75) is 25.8 Å². The Morgan fingerprint density at radius 2 is 1.14 bits per heavy atom. The molecule has 1 aliphatic heterocycles. The van der Waals surface area contributed by atoms with Crippen molar-refractivity contribution < 1.29 is 0 Å². The van der Waals surface area contributed by atoms with E-state index in [1.54, 1.807) is 0 Å². The third-order valence-electron chi connectivity index (χ3n) is 6.38. The summed E-state index contributed by atoms with van der Waals surface area (Å²) in [6, 6.07) is 32.4. The highest BCUT2D eigenvalue weighted by molar-refractivity contribution is 6.04. The average Bonchev–Trinajstić information content (AvgIpc) is 2.87. The molecule has 5 nitrogen and oxygen atoms in total. The van der Waals surface area contributed by atoms with Gasteiger partial charge in [0, 0.05) is 32.8 Å². The van der Waals surface area contributed by atoms with Gasteiger partial charge in [-0.3, -0.25) is 0 Å². The van der Waals surface area contributed by atoms with Crippen LogP contribution in [0, 0.1) is 0 Å². The number of anilines is 1. The molecule has 5 aromatic rings. The van der Waals surface area contributed by atoms with Crippen molar-refractivity contribution in [1.29, 1.82) is 0 Å². The maximum atomic E-state index is 4.70. The molecule has 6 rings (SSSR count). The van der Waals surface area contributed by atoms with Gasteiger partial charge in [-0.15, -0.1) is 15.3 Å². The van der Waals surface area contributed by atoms with Crippen molar-refractivity contribution in [1.82, 2.24) is 0 Å². The summed E-state index contributed by atoms with van der Waals surface area (Å²) in [5.74, 6) is 0. The average molecular weight is 456 g/mol. The summed E-state index contributed by atoms with van der Waals surface area (Å²) in [6.45, 7) is 4.47. The Labute approximate surface area is 204 Å². The van der Waals surface area contributed by atoms with Crippen LogP contribution >= 0.6 is 0 Å². The molecule has 0 fully saturated rings. The van der Waals surface area contributed by atoms with E-state index in [9.17, 15) is 0 Å². The van der Waals surface area contributed by atoms with E-state index in [2.05, 4.69) is 64.8 Å². The van der Waals surface area contributed by atoms with Crippen molar-refractivity contribution in [3.8, 4) is 0 Å². The van der Waals surface area contributed by atoms with Gasteiger partial charge in [-0.25, -0.2) is 0 Å². The molecule has 0 saturated heterocycles. The summed E-state index contributed by atoms with van der Waals surface area (Å²) in [5.41, 5.74) is 5.83. The predicted molar refractivity (Wildman–Crippen MR) is 144 cm³/mol. The van der Waals surface area contributed by atoms with Crippen molar-refractivity contribution in [3.05, 3.63) is 103 Å². The van der Waals surface area contributed by atoms with Crippen LogP contribution in [-0.4, -0.2) is 5.54 Å². The molecule has 0 amide bonds. The maximum absolute atomic E-state index is 4.70. The molecule has 1 N–H and O–H groups in total. The first-order valence-corrected chi connectivity index (χ1v) is 11.8. The number of fused-ring (bicyclic) bond motifs is 1. The SMILES string of the molecule is CC1(C)Cc2cccc3c(N=Nc4ccc(N=Nc5ccccc5)c5ccccc45)ccc(c23)N1. The molecule has 5 heteroatoms. The fourth-order valence-electron chi connectivity index (χ4n) is 4.85. The smallest absolute Gasteiger partial charge is 0.0936 e. The Morgan fingerprint density at radius 1 is 0.571 bits per heavy atom. The minimum atomic E-state index is 0.0306. The Morgan fingerprint density at radius 3 is 1.86 bits per heavy atom. The zero-order chi connectivity index (χ0) is 23.8. The predicted octanol–water partition coefficient (Wildman–Crippen LogP) is 9.57. The highest BCUT2D eigenvalue weighted by Crippen LogP contribution is 2.41. The minimum Gasteiger partial charge on any atom is -0.379 e. The quantitative estimate of drug-likeness (QED) is 0.269. The summed E-state index contributed by atoms with van der Waals surface area (Å²) in [5, 5.41) is 26.3. The number of hydrogen-bond acceptors (Lipinski definition) is 5. The van der Waals surface area contributed by atoms with E-state index in [4.69, 9.17) is 5.11 Å². The summed E-state index contributed by atoms with van der Waals surface area (Å²) in [4.78, 5) is 0. The lowest BCUT2D eigenvalue weighted by Gasteiger charge is -2.34. The second kappa shape index (κ2) is 8.44. The molecular weight excluding hydrogens is 430 g/mol. The summed E-state index contributed by atoms with van der Waals surface area (Å²) in [7, 11) is 0. The van der Waals surface area contributed by atoms with Gasteiger partial charge in [-0.05, 0) is 62.2 Å². The van der Waals surface area contributed by atoms with Crippen LogP contribution in [-0.2, 0) is 6.42 Å². The second-order valence-corrected chi connectivity index (χ2v) is 9.54. The lowest BCUT2D eigenvalue weighted by atomic mass is 9.86. The molecule has 0 aromatic heterocycles. The zero-order valence-corrected chi connectivity index (χ0v) is 19.7. The van der Waals surface area contributed by atoms with Gasteiger partial charge in [0.2, 0.25) is 0 Å². The van der Waals surface area contributed by atoms with Gasteiger partial charge < -0.3 is 5.32 Å². The van der Waals surface area contributed by atoms with Gasteiger partial charge in [0.05, 0.1) is 22.7 Å². The number of rotatable bonds is 4. The summed E-state index contributed by atoms with van der Waals surface area (Å²) < 4.78 is 0. The Balaban J connectivity index is 1.39. The van der Waals surface area contributed by atoms with Gasteiger partial charge in [-0.2, -0.15) is 5.11 Å². The summed E-state index contributed by atoms with van der Waals surface area (Å²) >= 11 is 0. The first kappa shape index (κ1) is 21.2. The van der Waals surface area contributed by atoms with E-state index in [0.717, 1.165) is 51.0 Å². The molecule has 0 bridgehead atoms. The van der Waals surface area contributed by atoms with Crippen LogP contribution in [0.2, 0.25) is 0 Å². The topological polar surface area (TPSA) is 61.5 Å². The van der Waals surface area contributed by atoms with E-state index in [1.807, 2.05) is 66.7 Å². The minimum absolute atomic E-state index is 0.0306.